The third-order valence-corrected chi connectivity index (χ3v) is 4.51. The molecule has 2 N–H and O–H groups in total. The van der Waals surface area contributed by atoms with Crippen molar-refractivity contribution in [2.75, 3.05) is 24.3 Å². The number of rotatable bonds is 6. The second kappa shape index (κ2) is 8.35. The molecular weight excluding hydrogens is 346 g/mol. The summed E-state index contributed by atoms with van der Waals surface area (Å²) >= 11 is 0. The van der Waals surface area contributed by atoms with E-state index in [4.69, 9.17) is 0 Å². The summed E-state index contributed by atoms with van der Waals surface area (Å²) in [7, 11) is 1.28. The van der Waals surface area contributed by atoms with E-state index in [1.165, 1.54) is 30.9 Å². The molecule has 3 rings (SSSR count). The van der Waals surface area contributed by atoms with Crippen LogP contribution >= 0.6 is 0 Å². The number of anilines is 2. The van der Waals surface area contributed by atoms with Crippen LogP contribution in [0.2, 0.25) is 0 Å². The molecule has 0 aromatic heterocycles. The Morgan fingerprint density at radius 1 is 1.37 bits per heavy atom. The zero-order valence-electron chi connectivity index (χ0n) is 15.0. The highest BCUT2D eigenvalue weighted by Gasteiger charge is 2.19. The van der Waals surface area contributed by atoms with Crippen molar-refractivity contribution in [3.05, 3.63) is 69.8 Å². The Kier molecular flexibility index (Phi) is 5.71. The zero-order chi connectivity index (χ0) is 19.2. The lowest BCUT2D eigenvalue weighted by molar-refractivity contribution is -0.384. The molecule has 1 unspecified atom stereocenters. The van der Waals surface area contributed by atoms with Gasteiger partial charge >= 0.3 is 5.97 Å². The number of nitrogens with zero attached hydrogens (tertiary/aromatic N) is 1. The van der Waals surface area contributed by atoms with Gasteiger partial charge in [-0.25, -0.2) is 4.79 Å². The van der Waals surface area contributed by atoms with Crippen molar-refractivity contribution in [2.45, 2.75) is 18.9 Å². The first kappa shape index (κ1) is 18.4. The molecule has 27 heavy (non-hydrogen) atoms. The Morgan fingerprint density at radius 3 is 2.96 bits per heavy atom. The van der Waals surface area contributed by atoms with E-state index in [0.717, 1.165) is 18.5 Å². The van der Waals surface area contributed by atoms with E-state index in [-0.39, 0.29) is 11.7 Å². The van der Waals surface area contributed by atoms with Gasteiger partial charge in [0.2, 0.25) is 0 Å². The predicted octanol–water partition coefficient (Wildman–Crippen LogP) is 3.62. The summed E-state index contributed by atoms with van der Waals surface area (Å²) < 4.78 is 4.53. The third kappa shape index (κ3) is 4.63. The van der Waals surface area contributed by atoms with Gasteiger partial charge in [0.25, 0.3) is 5.69 Å². The first-order chi connectivity index (χ1) is 13.1. The van der Waals surface area contributed by atoms with Gasteiger partial charge in [-0.3, -0.25) is 10.1 Å². The lowest BCUT2D eigenvalue weighted by atomic mass is 9.98. The molecule has 0 fully saturated rings. The highest BCUT2D eigenvalue weighted by molar-refractivity contribution is 5.87. The monoisotopic (exact) mass is 367 g/mol. The number of methoxy groups -OCH3 is 1. The summed E-state index contributed by atoms with van der Waals surface area (Å²) in [4.78, 5) is 22.2. The van der Waals surface area contributed by atoms with Gasteiger partial charge in [-0.2, -0.15) is 0 Å². The lowest BCUT2D eigenvalue weighted by Gasteiger charge is -2.27. The maximum absolute atomic E-state index is 11.4. The van der Waals surface area contributed by atoms with Crippen molar-refractivity contribution in [2.24, 2.45) is 0 Å². The minimum atomic E-state index is -0.511. The van der Waals surface area contributed by atoms with Crippen LogP contribution in [0, 0.1) is 10.1 Å². The summed E-state index contributed by atoms with van der Waals surface area (Å²) in [6, 6.07) is 13.2. The van der Waals surface area contributed by atoms with Crippen LogP contribution in [0.25, 0.3) is 6.08 Å². The number of nitro benzene ring substituents is 1. The van der Waals surface area contributed by atoms with Crippen molar-refractivity contribution < 1.29 is 14.5 Å². The average Bonchev–Trinajstić information content (AvgIpc) is 2.70. The van der Waals surface area contributed by atoms with Gasteiger partial charge in [0.05, 0.1) is 12.0 Å². The summed E-state index contributed by atoms with van der Waals surface area (Å²) in [5.41, 5.74) is 3.39. The number of para-hydroxylation sites is 1. The maximum Gasteiger partial charge on any atom is 0.330 e. The molecule has 0 spiro atoms. The van der Waals surface area contributed by atoms with Gasteiger partial charge in [0, 0.05) is 30.4 Å². The van der Waals surface area contributed by atoms with Gasteiger partial charge in [-0.05, 0) is 42.2 Å². The number of aryl methyl sites for hydroxylation is 1. The smallest absolute Gasteiger partial charge is 0.330 e. The molecule has 0 aliphatic carbocycles. The van der Waals surface area contributed by atoms with Crippen LogP contribution in [0.5, 0.6) is 0 Å². The number of hydrogen-bond acceptors (Lipinski definition) is 6. The van der Waals surface area contributed by atoms with E-state index >= 15 is 0 Å². The fourth-order valence-electron chi connectivity index (χ4n) is 3.07. The molecule has 0 bridgehead atoms. The lowest BCUT2D eigenvalue weighted by Crippen LogP contribution is -2.32. The minimum Gasteiger partial charge on any atom is -0.466 e. The van der Waals surface area contributed by atoms with E-state index in [1.54, 1.807) is 12.1 Å². The predicted molar refractivity (Wildman–Crippen MR) is 105 cm³/mol. The molecule has 140 valence electrons. The van der Waals surface area contributed by atoms with Crippen LogP contribution < -0.4 is 10.6 Å². The normalized spacial score (nSPS) is 15.7. The number of carbonyl (C=O) groups is 1. The van der Waals surface area contributed by atoms with Crippen molar-refractivity contribution in [1.29, 1.82) is 0 Å². The molecule has 7 heteroatoms. The minimum absolute atomic E-state index is 0.0294. The van der Waals surface area contributed by atoms with Crippen LogP contribution in [0.4, 0.5) is 17.1 Å². The standard InChI is InChI=1S/C20H21N3O4/c1-27-20(24)11-7-14-6-10-18(19(12-14)23(25)26)21-13-16-9-8-15-4-2-3-5-17(15)22-16/h2-7,10-12,16,21-22H,8-9,13H2,1H3. The number of fused-ring (bicyclic) bond motifs is 1. The SMILES string of the molecule is COC(=O)C=Cc1ccc(NCC2CCc3ccccc3N2)c([N+](=O)[O-])c1. The quantitative estimate of drug-likeness (QED) is 0.351. The Hall–Kier alpha value is -3.35. The van der Waals surface area contributed by atoms with Gasteiger partial charge < -0.3 is 15.4 Å². The Morgan fingerprint density at radius 2 is 2.19 bits per heavy atom. The van der Waals surface area contributed by atoms with Crippen molar-refractivity contribution >= 4 is 29.1 Å². The number of nitro groups is 1. The summed E-state index contributed by atoms with van der Waals surface area (Å²) in [5, 5.41) is 18.1. The van der Waals surface area contributed by atoms with E-state index < -0.39 is 10.9 Å². The van der Waals surface area contributed by atoms with Crippen molar-refractivity contribution in [3.8, 4) is 0 Å². The Labute approximate surface area is 157 Å². The van der Waals surface area contributed by atoms with Crippen molar-refractivity contribution in [1.82, 2.24) is 0 Å². The molecule has 7 nitrogen and oxygen atoms in total. The van der Waals surface area contributed by atoms with E-state index in [0.29, 0.717) is 17.8 Å². The fourth-order valence-corrected chi connectivity index (χ4v) is 3.07. The molecule has 2 aromatic carbocycles. The van der Waals surface area contributed by atoms with Crippen LogP contribution in [0.15, 0.2) is 48.5 Å². The Bertz CT molecular complexity index is 879. The molecule has 0 saturated carbocycles. The molecule has 1 heterocycles. The van der Waals surface area contributed by atoms with Gasteiger partial charge in [0.1, 0.15) is 5.69 Å². The molecule has 1 aliphatic heterocycles. The first-order valence-electron chi connectivity index (χ1n) is 8.69. The van der Waals surface area contributed by atoms with Gasteiger partial charge in [-0.15, -0.1) is 0 Å². The topological polar surface area (TPSA) is 93.5 Å². The van der Waals surface area contributed by atoms with Gasteiger partial charge in [-0.1, -0.05) is 24.3 Å². The van der Waals surface area contributed by atoms with Crippen LogP contribution in [0.1, 0.15) is 17.5 Å². The molecule has 1 aliphatic rings. The highest BCUT2D eigenvalue weighted by atomic mass is 16.6. The van der Waals surface area contributed by atoms with E-state index in [2.05, 4.69) is 21.4 Å². The highest BCUT2D eigenvalue weighted by Crippen LogP contribution is 2.28. The zero-order valence-corrected chi connectivity index (χ0v) is 15.0. The number of hydrogen-bond donors (Lipinski definition) is 2. The number of ether oxygens (including phenoxy) is 1. The number of carbonyl (C=O) groups excluding carboxylic acids is 1. The molecular formula is C20H21N3O4. The third-order valence-electron chi connectivity index (χ3n) is 4.51. The van der Waals surface area contributed by atoms with E-state index in [1.807, 2.05) is 18.2 Å². The molecule has 2 aromatic rings. The molecule has 0 radical (unpaired) electrons. The Balaban J connectivity index is 1.68. The van der Waals surface area contributed by atoms with Crippen molar-refractivity contribution in [3.63, 3.8) is 0 Å². The molecule has 0 saturated heterocycles. The van der Waals surface area contributed by atoms with Gasteiger partial charge in [0.15, 0.2) is 0 Å². The van der Waals surface area contributed by atoms with E-state index in [9.17, 15) is 14.9 Å². The summed E-state index contributed by atoms with van der Waals surface area (Å²) in [6.07, 6.45) is 4.66. The summed E-state index contributed by atoms with van der Waals surface area (Å²) in [5.74, 6) is -0.511. The summed E-state index contributed by atoms with van der Waals surface area (Å²) in [6.45, 7) is 0.576. The first-order valence-corrected chi connectivity index (χ1v) is 8.69. The maximum atomic E-state index is 11.4. The largest absolute Gasteiger partial charge is 0.466 e. The van der Waals surface area contributed by atoms with Crippen LogP contribution in [-0.4, -0.2) is 30.6 Å². The number of esters is 1. The van der Waals surface area contributed by atoms with Crippen LogP contribution in [0.3, 0.4) is 0 Å². The fraction of sp³-hybridized carbons (Fsp3) is 0.250. The van der Waals surface area contributed by atoms with Crippen LogP contribution in [-0.2, 0) is 16.0 Å². The number of nitrogens with one attached hydrogen (secondary N) is 2. The molecule has 1 atom stereocenters. The average molecular weight is 367 g/mol. The second-order valence-corrected chi connectivity index (χ2v) is 6.31. The second-order valence-electron chi connectivity index (χ2n) is 6.31. The molecule has 0 amide bonds. The number of benzene rings is 2.